The summed E-state index contributed by atoms with van der Waals surface area (Å²) in [4.78, 5) is 7.66. The Balaban J connectivity index is 1.93. The Morgan fingerprint density at radius 1 is 1.26 bits per heavy atom. The zero-order chi connectivity index (χ0) is 13.2. The summed E-state index contributed by atoms with van der Waals surface area (Å²) in [6.45, 7) is 2.08. The highest BCUT2D eigenvalue weighted by Gasteiger charge is 2.19. The van der Waals surface area contributed by atoms with E-state index in [2.05, 4.69) is 41.2 Å². The number of benzene rings is 1. The fraction of sp³-hybridized carbons (Fsp3) is 0.375. The van der Waals surface area contributed by atoms with E-state index in [1.165, 1.54) is 30.4 Å². The number of aromatic nitrogens is 2. The van der Waals surface area contributed by atoms with Crippen LogP contribution in [-0.4, -0.2) is 9.97 Å². The topological polar surface area (TPSA) is 28.7 Å². The largest absolute Gasteiger partial charge is 0.343 e. The average molecular weight is 270 g/mol. The van der Waals surface area contributed by atoms with Gasteiger partial charge in [0.2, 0.25) is 0 Å². The number of H-pyrrole nitrogens is 1. The van der Waals surface area contributed by atoms with Crippen molar-refractivity contribution in [2.24, 2.45) is 0 Å². The van der Waals surface area contributed by atoms with Crippen LogP contribution in [0.2, 0.25) is 0 Å². The van der Waals surface area contributed by atoms with E-state index < -0.39 is 0 Å². The second-order valence-electron chi connectivity index (χ2n) is 5.18. The van der Waals surface area contributed by atoms with Crippen LogP contribution < -0.4 is 0 Å². The smallest absolute Gasteiger partial charge is 0.130 e. The van der Waals surface area contributed by atoms with Crippen LogP contribution in [0.25, 0.3) is 11.3 Å². The first-order valence-corrected chi connectivity index (χ1v) is 7.37. The van der Waals surface area contributed by atoms with E-state index in [1.54, 1.807) is 0 Å². The van der Waals surface area contributed by atoms with Crippen LogP contribution in [-0.2, 0) is 6.42 Å². The third-order valence-electron chi connectivity index (χ3n) is 3.93. The van der Waals surface area contributed by atoms with E-state index >= 15 is 0 Å². The first-order valence-electron chi connectivity index (χ1n) is 6.97. The average Bonchev–Trinajstić information content (AvgIpc) is 2.37. The van der Waals surface area contributed by atoms with Gasteiger partial charge in [-0.25, -0.2) is 4.98 Å². The molecule has 0 aliphatic heterocycles. The standard InChI is InChI=1S/C16H18N2S/c1-2-15-17-14(10-16(19)18-15)13-8-6-12(7-9-13)11-4-3-5-11/h6-11H,2-5H2,1H3,(H,17,18,19). The molecular formula is C16H18N2S. The minimum Gasteiger partial charge on any atom is -0.343 e. The van der Waals surface area contributed by atoms with E-state index in [9.17, 15) is 0 Å². The highest BCUT2D eigenvalue weighted by atomic mass is 32.1. The molecule has 3 rings (SSSR count). The van der Waals surface area contributed by atoms with Crippen LogP contribution in [0.3, 0.4) is 0 Å². The van der Waals surface area contributed by atoms with Gasteiger partial charge in [-0.3, -0.25) is 0 Å². The van der Waals surface area contributed by atoms with Gasteiger partial charge >= 0.3 is 0 Å². The molecule has 0 saturated heterocycles. The number of hydrogen-bond acceptors (Lipinski definition) is 2. The van der Waals surface area contributed by atoms with Gasteiger partial charge in [0.1, 0.15) is 10.5 Å². The molecule has 0 radical (unpaired) electrons. The molecule has 3 heteroatoms. The molecule has 1 heterocycles. The highest BCUT2D eigenvalue weighted by Crippen LogP contribution is 2.36. The monoisotopic (exact) mass is 270 g/mol. The normalized spacial score (nSPS) is 15.2. The molecule has 1 N–H and O–H groups in total. The van der Waals surface area contributed by atoms with E-state index in [0.717, 1.165) is 23.9 Å². The Morgan fingerprint density at radius 3 is 2.58 bits per heavy atom. The lowest BCUT2D eigenvalue weighted by Crippen LogP contribution is -2.08. The van der Waals surface area contributed by atoms with E-state index in [-0.39, 0.29) is 0 Å². The molecule has 98 valence electrons. The van der Waals surface area contributed by atoms with Crippen molar-refractivity contribution < 1.29 is 0 Å². The molecule has 19 heavy (non-hydrogen) atoms. The predicted octanol–water partition coefficient (Wildman–Crippen LogP) is 4.64. The van der Waals surface area contributed by atoms with Crippen molar-refractivity contribution in [2.75, 3.05) is 0 Å². The molecule has 1 aromatic carbocycles. The Hall–Kier alpha value is -1.48. The molecule has 1 fully saturated rings. The van der Waals surface area contributed by atoms with Gasteiger partial charge in [-0.1, -0.05) is 49.8 Å². The Morgan fingerprint density at radius 2 is 2.00 bits per heavy atom. The summed E-state index contributed by atoms with van der Waals surface area (Å²) in [5, 5.41) is 0. The summed E-state index contributed by atoms with van der Waals surface area (Å²) in [5.74, 6) is 1.74. The van der Waals surface area contributed by atoms with E-state index in [1.807, 2.05) is 6.07 Å². The van der Waals surface area contributed by atoms with Crippen LogP contribution in [0.5, 0.6) is 0 Å². The zero-order valence-corrected chi connectivity index (χ0v) is 12.0. The van der Waals surface area contributed by atoms with Gasteiger partial charge in [0.15, 0.2) is 0 Å². The SMILES string of the molecule is CCc1nc(=S)cc(-c2ccc(C3CCC3)cc2)[nH]1. The van der Waals surface area contributed by atoms with Crippen molar-refractivity contribution in [3.8, 4) is 11.3 Å². The van der Waals surface area contributed by atoms with Crippen LogP contribution in [0, 0.1) is 4.64 Å². The van der Waals surface area contributed by atoms with Crippen LogP contribution in [0.15, 0.2) is 30.3 Å². The lowest BCUT2D eigenvalue weighted by molar-refractivity contribution is 0.420. The van der Waals surface area contributed by atoms with Crippen LogP contribution >= 0.6 is 12.2 Å². The Bertz CT molecular complexity index is 624. The molecule has 1 aliphatic carbocycles. The minimum atomic E-state index is 0.661. The lowest BCUT2D eigenvalue weighted by atomic mass is 9.80. The summed E-state index contributed by atoms with van der Waals surface area (Å²) in [6.07, 6.45) is 4.94. The molecule has 1 aliphatic rings. The summed E-state index contributed by atoms with van der Waals surface area (Å²) >= 11 is 5.22. The van der Waals surface area contributed by atoms with Crippen LogP contribution in [0.4, 0.5) is 0 Å². The van der Waals surface area contributed by atoms with Gasteiger partial charge in [0.25, 0.3) is 0 Å². The van der Waals surface area contributed by atoms with Gasteiger partial charge < -0.3 is 4.98 Å². The molecule has 0 spiro atoms. The number of rotatable bonds is 3. The molecular weight excluding hydrogens is 252 g/mol. The van der Waals surface area contributed by atoms with Crippen molar-refractivity contribution >= 4 is 12.2 Å². The maximum Gasteiger partial charge on any atom is 0.130 e. The second-order valence-corrected chi connectivity index (χ2v) is 5.60. The molecule has 1 aromatic heterocycles. The summed E-state index contributed by atoms with van der Waals surface area (Å²) in [5.41, 5.74) is 3.72. The Kier molecular flexibility index (Phi) is 3.47. The third-order valence-corrected chi connectivity index (χ3v) is 4.13. The summed E-state index contributed by atoms with van der Waals surface area (Å²) in [6, 6.07) is 10.8. The van der Waals surface area contributed by atoms with Gasteiger partial charge in [-0.05, 0) is 36.0 Å². The van der Waals surface area contributed by atoms with Crippen molar-refractivity contribution in [3.05, 3.63) is 46.4 Å². The molecule has 0 unspecified atom stereocenters. The van der Waals surface area contributed by atoms with Crippen LogP contribution in [0.1, 0.15) is 43.5 Å². The first-order chi connectivity index (χ1) is 9.26. The van der Waals surface area contributed by atoms with Crippen molar-refractivity contribution in [3.63, 3.8) is 0 Å². The second kappa shape index (κ2) is 5.25. The van der Waals surface area contributed by atoms with E-state index in [0.29, 0.717) is 4.64 Å². The van der Waals surface area contributed by atoms with Gasteiger partial charge in [0.05, 0.1) is 0 Å². The number of aromatic amines is 1. The van der Waals surface area contributed by atoms with Gasteiger partial charge in [0, 0.05) is 12.1 Å². The number of aryl methyl sites for hydroxylation is 1. The lowest BCUT2D eigenvalue weighted by Gasteiger charge is -2.25. The van der Waals surface area contributed by atoms with Crippen molar-refractivity contribution in [1.82, 2.24) is 9.97 Å². The molecule has 0 atom stereocenters. The number of hydrogen-bond donors (Lipinski definition) is 1. The maximum absolute atomic E-state index is 5.22. The quantitative estimate of drug-likeness (QED) is 0.823. The fourth-order valence-electron chi connectivity index (χ4n) is 2.51. The fourth-order valence-corrected chi connectivity index (χ4v) is 2.74. The third kappa shape index (κ3) is 2.61. The molecule has 2 aromatic rings. The molecule has 0 bridgehead atoms. The molecule has 2 nitrogen and oxygen atoms in total. The van der Waals surface area contributed by atoms with E-state index in [4.69, 9.17) is 12.2 Å². The molecule has 0 amide bonds. The van der Waals surface area contributed by atoms with Gasteiger partial charge in [-0.15, -0.1) is 0 Å². The zero-order valence-electron chi connectivity index (χ0n) is 11.1. The maximum atomic E-state index is 5.22. The minimum absolute atomic E-state index is 0.661. The Labute approximate surface area is 118 Å². The van der Waals surface area contributed by atoms with Crippen molar-refractivity contribution in [2.45, 2.75) is 38.5 Å². The molecule has 1 saturated carbocycles. The highest BCUT2D eigenvalue weighted by molar-refractivity contribution is 7.71. The van der Waals surface area contributed by atoms with Gasteiger partial charge in [-0.2, -0.15) is 0 Å². The summed E-state index contributed by atoms with van der Waals surface area (Å²) < 4.78 is 0.661. The number of nitrogens with one attached hydrogen (secondary N) is 1. The first kappa shape index (κ1) is 12.5. The summed E-state index contributed by atoms with van der Waals surface area (Å²) in [7, 11) is 0. The van der Waals surface area contributed by atoms with Crippen molar-refractivity contribution in [1.29, 1.82) is 0 Å². The predicted molar refractivity (Wildman–Crippen MR) is 80.8 cm³/mol. The number of nitrogens with zero attached hydrogens (tertiary/aromatic N) is 1.